The third-order valence-corrected chi connectivity index (χ3v) is 8.79. The summed E-state index contributed by atoms with van der Waals surface area (Å²) >= 11 is 0. The highest BCUT2D eigenvalue weighted by Crippen LogP contribution is 2.28. The Balaban J connectivity index is 0.000000181. The van der Waals surface area contributed by atoms with Crippen molar-refractivity contribution in [2.24, 2.45) is 14.1 Å². The third-order valence-electron chi connectivity index (χ3n) is 8.79. The van der Waals surface area contributed by atoms with E-state index in [0.717, 1.165) is 6.20 Å². The molecule has 2 fully saturated rings. The average molecular weight is 634 g/mol. The van der Waals surface area contributed by atoms with Crippen LogP contribution in [0.25, 0.3) is 22.6 Å². The Hall–Kier alpha value is -4.56. The molecule has 0 N–H and O–H groups in total. The summed E-state index contributed by atoms with van der Waals surface area (Å²) < 4.78 is 28.5. The fourth-order valence-electron chi connectivity index (χ4n) is 5.45. The van der Waals surface area contributed by atoms with E-state index in [1.807, 2.05) is 18.7 Å². The molecule has 2 saturated heterocycles. The van der Waals surface area contributed by atoms with Crippen LogP contribution in [-0.2, 0) is 23.6 Å². The quantitative estimate of drug-likeness (QED) is 0.329. The van der Waals surface area contributed by atoms with E-state index < -0.39 is 5.82 Å². The van der Waals surface area contributed by atoms with Crippen molar-refractivity contribution in [1.29, 1.82) is 0 Å². The summed E-state index contributed by atoms with van der Waals surface area (Å²) in [6, 6.07) is 6.28. The molecular formula is C32H40FN9O4. The van der Waals surface area contributed by atoms with Gasteiger partial charge in [-0.3, -0.25) is 23.7 Å². The zero-order valence-electron chi connectivity index (χ0n) is 27.2. The molecule has 1 unspecified atom stereocenters. The van der Waals surface area contributed by atoms with E-state index in [1.165, 1.54) is 35.3 Å². The number of hydrogen-bond donors (Lipinski definition) is 0. The molecule has 3 atom stereocenters. The molecule has 0 amide bonds. The van der Waals surface area contributed by atoms with Gasteiger partial charge in [-0.1, -0.05) is 0 Å². The van der Waals surface area contributed by atoms with Gasteiger partial charge in [-0.2, -0.15) is 0 Å². The van der Waals surface area contributed by atoms with Crippen LogP contribution in [0.15, 0.2) is 58.8 Å². The maximum Gasteiger partial charge on any atom is 0.255 e. The van der Waals surface area contributed by atoms with Crippen molar-refractivity contribution < 1.29 is 13.9 Å². The molecule has 2 aliphatic heterocycles. The summed E-state index contributed by atoms with van der Waals surface area (Å²) in [5.74, 6) is 0.656. The average Bonchev–Trinajstić information content (AvgIpc) is 3.04. The number of anilines is 2. The van der Waals surface area contributed by atoms with Gasteiger partial charge in [0, 0.05) is 57.3 Å². The van der Waals surface area contributed by atoms with Gasteiger partial charge in [0.2, 0.25) is 11.9 Å². The summed E-state index contributed by atoms with van der Waals surface area (Å²) in [5, 5.41) is 0. The summed E-state index contributed by atoms with van der Waals surface area (Å²) in [4.78, 5) is 49.9. The molecule has 0 spiro atoms. The predicted octanol–water partition coefficient (Wildman–Crippen LogP) is 2.84. The first kappa shape index (κ1) is 32.8. The fourth-order valence-corrected chi connectivity index (χ4v) is 5.45. The smallest absolute Gasteiger partial charge is 0.255 e. The normalized spacial score (nSPS) is 21.0. The molecule has 4 aromatic rings. The highest BCUT2D eigenvalue weighted by atomic mass is 19.1. The summed E-state index contributed by atoms with van der Waals surface area (Å²) in [6.07, 6.45) is 5.72. The lowest BCUT2D eigenvalue weighted by atomic mass is 9.97. The zero-order chi connectivity index (χ0) is 33.2. The molecule has 13 nitrogen and oxygen atoms in total. The van der Waals surface area contributed by atoms with Crippen LogP contribution in [0, 0.1) is 5.82 Å². The number of ether oxygens (including phenoxy) is 2. The Labute approximate surface area is 266 Å². The third kappa shape index (κ3) is 6.67. The van der Waals surface area contributed by atoms with Crippen molar-refractivity contribution in [2.45, 2.75) is 58.4 Å². The first-order chi connectivity index (χ1) is 21.9. The fraction of sp³-hybridized carbons (Fsp3) is 0.469. The lowest BCUT2D eigenvalue weighted by Gasteiger charge is -2.45. The second kappa shape index (κ2) is 13.4. The van der Waals surface area contributed by atoms with Gasteiger partial charge in [0.15, 0.2) is 5.82 Å². The first-order valence-corrected chi connectivity index (χ1v) is 15.2. The number of rotatable bonds is 4. The molecule has 0 aromatic carbocycles. The van der Waals surface area contributed by atoms with E-state index in [-0.39, 0.29) is 40.5 Å². The van der Waals surface area contributed by atoms with E-state index in [0.29, 0.717) is 55.3 Å². The van der Waals surface area contributed by atoms with Gasteiger partial charge >= 0.3 is 0 Å². The van der Waals surface area contributed by atoms with Crippen molar-refractivity contribution in [2.75, 3.05) is 36.1 Å². The summed E-state index contributed by atoms with van der Waals surface area (Å²) in [7, 11) is 3.41. The van der Waals surface area contributed by atoms with Gasteiger partial charge in [0.05, 0.1) is 60.3 Å². The minimum absolute atomic E-state index is 0.0296. The Kier molecular flexibility index (Phi) is 9.58. The molecule has 0 aliphatic carbocycles. The Bertz CT molecular complexity index is 1790. The van der Waals surface area contributed by atoms with Crippen LogP contribution in [-0.4, -0.2) is 84.1 Å². The van der Waals surface area contributed by atoms with Gasteiger partial charge in [-0.05, 0) is 46.8 Å². The second-order valence-electron chi connectivity index (χ2n) is 12.0. The van der Waals surface area contributed by atoms with Gasteiger partial charge in [0.25, 0.3) is 11.1 Å². The molecule has 46 heavy (non-hydrogen) atoms. The Morgan fingerprint density at radius 1 is 0.848 bits per heavy atom. The lowest BCUT2D eigenvalue weighted by Crippen LogP contribution is -2.56. The molecule has 4 aromatic heterocycles. The number of hydrogen-bond acceptors (Lipinski definition) is 11. The second-order valence-corrected chi connectivity index (χ2v) is 12.0. The van der Waals surface area contributed by atoms with Crippen molar-refractivity contribution in [3.8, 4) is 22.6 Å². The van der Waals surface area contributed by atoms with E-state index >= 15 is 0 Å². The monoisotopic (exact) mass is 633 g/mol. The minimum Gasteiger partial charge on any atom is -0.375 e. The molecule has 6 heterocycles. The van der Waals surface area contributed by atoms with E-state index in [4.69, 9.17) is 9.47 Å². The van der Waals surface area contributed by atoms with Gasteiger partial charge < -0.3 is 19.3 Å². The first-order valence-electron chi connectivity index (χ1n) is 15.2. The van der Waals surface area contributed by atoms with Crippen LogP contribution >= 0.6 is 0 Å². The van der Waals surface area contributed by atoms with Gasteiger partial charge in [-0.25, -0.2) is 24.3 Å². The summed E-state index contributed by atoms with van der Waals surface area (Å²) in [5.41, 5.74) is 1.14. The van der Waals surface area contributed by atoms with Crippen LogP contribution in [0.4, 0.5) is 16.3 Å². The molecule has 0 bridgehead atoms. The highest BCUT2D eigenvalue weighted by Gasteiger charge is 2.37. The van der Waals surface area contributed by atoms with Gasteiger partial charge in [-0.15, -0.1) is 0 Å². The molecule has 244 valence electrons. The molecule has 0 radical (unpaired) electrons. The predicted molar refractivity (Wildman–Crippen MR) is 172 cm³/mol. The topological polar surface area (TPSA) is 133 Å². The number of morpholine rings is 2. The van der Waals surface area contributed by atoms with Crippen LogP contribution in [0.2, 0.25) is 0 Å². The number of halogens is 1. The van der Waals surface area contributed by atoms with Crippen molar-refractivity contribution >= 4 is 11.9 Å². The molecular weight excluding hydrogens is 593 g/mol. The largest absolute Gasteiger partial charge is 0.375 e. The number of pyridine rings is 1. The molecule has 6 rings (SSSR count). The Morgan fingerprint density at radius 3 is 2.15 bits per heavy atom. The molecule has 2 aliphatic rings. The number of nitrogens with zero attached hydrogens (tertiary/aromatic N) is 9. The number of aromatic nitrogens is 7. The zero-order valence-corrected chi connectivity index (χ0v) is 27.2. The van der Waals surface area contributed by atoms with Gasteiger partial charge in [0.1, 0.15) is 6.33 Å². The van der Waals surface area contributed by atoms with E-state index in [9.17, 15) is 14.0 Å². The maximum absolute atomic E-state index is 14.0. The molecule has 14 heteroatoms. The lowest BCUT2D eigenvalue weighted by molar-refractivity contribution is -0.0536. The van der Waals surface area contributed by atoms with Crippen molar-refractivity contribution in [3.63, 3.8) is 0 Å². The minimum atomic E-state index is -0.498. The van der Waals surface area contributed by atoms with Crippen LogP contribution in [0.1, 0.15) is 34.6 Å². The standard InChI is InChI=1S/C16H19FN4O2.C16H21N5O2/c1-10-11(2)23-7-6-21(10)16-19-14(8-15(22)20(16)3)12-4-5-18-9-13(12)17;1-11-16(2,3)23-8-7-21(11)15-19-13(9-14(22)20(15)4)12-5-6-17-10-18-12/h4-5,8-11H,6-7H2,1-3H3;5-6,9-11H,7-8H2,1-4H3/t10-,11-;/m1./s1. The van der Waals surface area contributed by atoms with E-state index in [2.05, 4.69) is 50.6 Å². The van der Waals surface area contributed by atoms with Crippen LogP contribution in [0.3, 0.4) is 0 Å². The highest BCUT2D eigenvalue weighted by molar-refractivity contribution is 5.60. The molecule has 0 saturated carbocycles. The van der Waals surface area contributed by atoms with Crippen LogP contribution in [0.5, 0.6) is 0 Å². The maximum atomic E-state index is 14.0. The SMILES string of the molecule is CC1N(c2nc(-c3ccncn3)cc(=O)n2C)CCOC1(C)C.C[C@@H]1[C@@H](C)OCCN1c1nc(-c2ccncc2F)cc(=O)n1C. The summed E-state index contributed by atoms with van der Waals surface area (Å²) in [6.45, 7) is 12.7. The van der Waals surface area contributed by atoms with Crippen molar-refractivity contribution in [3.05, 3.63) is 75.7 Å². The van der Waals surface area contributed by atoms with Crippen LogP contribution < -0.4 is 20.9 Å². The van der Waals surface area contributed by atoms with Crippen molar-refractivity contribution in [1.82, 2.24) is 34.1 Å². The van der Waals surface area contributed by atoms with E-state index in [1.54, 1.807) is 30.9 Å². The Morgan fingerprint density at radius 2 is 1.48 bits per heavy atom.